The van der Waals surface area contributed by atoms with Crippen LogP contribution in [0.2, 0.25) is 0 Å². The van der Waals surface area contributed by atoms with Crippen LogP contribution in [0.15, 0.2) is 0 Å². The molecule has 1 fully saturated rings. The average Bonchev–Trinajstić information content (AvgIpc) is 2.42. The van der Waals surface area contributed by atoms with E-state index in [2.05, 4.69) is 13.8 Å². The molecule has 1 aliphatic carbocycles. The molecule has 0 spiro atoms. The lowest BCUT2D eigenvalue weighted by Crippen LogP contribution is -2.14. The van der Waals surface area contributed by atoms with Gasteiger partial charge in [-0.2, -0.15) is 0 Å². The zero-order valence-corrected chi connectivity index (χ0v) is 9.72. The molecule has 0 radical (unpaired) electrons. The Bertz CT molecular complexity index is 164. The minimum atomic E-state index is 0.413. The smallest absolute Gasteiger partial charge is 0.135 e. The third-order valence-electron chi connectivity index (χ3n) is 3.28. The van der Waals surface area contributed by atoms with Gasteiger partial charge in [0.2, 0.25) is 0 Å². The maximum Gasteiger partial charge on any atom is 0.135 e. The quantitative estimate of drug-likeness (QED) is 0.622. The third kappa shape index (κ3) is 4.26. The fourth-order valence-corrected chi connectivity index (χ4v) is 2.24. The summed E-state index contributed by atoms with van der Waals surface area (Å²) in [4.78, 5) is 11.9. The first kappa shape index (κ1) is 11.7. The van der Waals surface area contributed by atoms with Crippen LogP contribution in [-0.4, -0.2) is 5.78 Å². The van der Waals surface area contributed by atoms with Gasteiger partial charge in [-0.15, -0.1) is 0 Å². The van der Waals surface area contributed by atoms with Crippen molar-refractivity contribution in [3.8, 4) is 0 Å². The maximum absolute atomic E-state index is 11.9. The molecule has 0 amide bonds. The zero-order valence-electron chi connectivity index (χ0n) is 9.72. The van der Waals surface area contributed by atoms with Gasteiger partial charge in [-0.3, -0.25) is 4.79 Å². The van der Waals surface area contributed by atoms with Gasteiger partial charge in [-0.05, 0) is 25.2 Å². The highest BCUT2D eigenvalue weighted by Gasteiger charge is 2.19. The van der Waals surface area contributed by atoms with E-state index in [0.717, 1.165) is 25.7 Å². The van der Waals surface area contributed by atoms with E-state index in [1.54, 1.807) is 0 Å². The summed E-state index contributed by atoms with van der Waals surface area (Å²) in [7, 11) is 0. The van der Waals surface area contributed by atoms with Gasteiger partial charge in [0.15, 0.2) is 0 Å². The lowest BCUT2D eigenvalue weighted by Gasteiger charge is -2.13. The van der Waals surface area contributed by atoms with Crippen LogP contribution in [0.25, 0.3) is 0 Å². The van der Waals surface area contributed by atoms with Crippen molar-refractivity contribution in [2.45, 2.75) is 65.2 Å². The normalized spacial score (nSPS) is 19.6. The summed E-state index contributed by atoms with van der Waals surface area (Å²) in [6, 6.07) is 0. The predicted octanol–water partition coefficient (Wildman–Crippen LogP) is 3.96. The molecule has 0 bridgehead atoms. The Balaban J connectivity index is 2.27. The third-order valence-corrected chi connectivity index (χ3v) is 3.28. The average molecular weight is 196 g/mol. The fraction of sp³-hybridized carbons (Fsp3) is 0.923. The lowest BCUT2D eigenvalue weighted by atomic mass is 9.91. The summed E-state index contributed by atoms with van der Waals surface area (Å²) in [6.07, 6.45) is 9.46. The molecule has 1 aliphatic rings. The van der Waals surface area contributed by atoms with E-state index in [0.29, 0.717) is 17.6 Å². The predicted molar refractivity (Wildman–Crippen MR) is 60.3 cm³/mol. The van der Waals surface area contributed by atoms with Crippen LogP contribution in [0.4, 0.5) is 0 Å². The van der Waals surface area contributed by atoms with E-state index in [4.69, 9.17) is 0 Å². The van der Waals surface area contributed by atoms with Gasteiger partial charge in [0.05, 0.1) is 0 Å². The van der Waals surface area contributed by atoms with E-state index in [-0.39, 0.29) is 0 Å². The van der Waals surface area contributed by atoms with E-state index in [1.165, 1.54) is 25.7 Å². The van der Waals surface area contributed by atoms with Crippen molar-refractivity contribution >= 4 is 5.78 Å². The number of hydrogen-bond donors (Lipinski definition) is 0. The van der Waals surface area contributed by atoms with Crippen LogP contribution >= 0.6 is 0 Å². The molecule has 1 heteroatoms. The Morgan fingerprint density at radius 2 is 1.71 bits per heavy atom. The van der Waals surface area contributed by atoms with Gasteiger partial charge in [0.1, 0.15) is 5.78 Å². The van der Waals surface area contributed by atoms with Gasteiger partial charge < -0.3 is 0 Å². The van der Waals surface area contributed by atoms with Crippen LogP contribution in [0.5, 0.6) is 0 Å². The summed E-state index contributed by atoms with van der Waals surface area (Å²) >= 11 is 0. The molecule has 0 aromatic rings. The molecule has 1 rings (SSSR count). The minimum absolute atomic E-state index is 0.413. The monoisotopic (exact) mass is 196 g/mol. The van der Waals surface area contributed by atoms with Gasteiger partial charge in [-0.25, -0.2) is 0 Å². The second-order valence-electron chi connectivity index (χ2n) is 5.09. The van der Waals surface area contributed by atoms with Crippen molar-refractivity contribution in [3.05, 3.63) is 0 Å². The van der Waals surface area contributed by atoms with Crippen molar-refractivity contribution in [3.63, 3.8) is 0 Å². The summed E-state index contributed by atoms with van der Waals surface area (Å²) in [5.74, 6) is 1.63. The van der Waals surface area contributed by atoms with Crippen LogP contribution < -0.4 is 0 Å². The maximum atomic E-state index is 11.9. The minimum Gasteiger partial charge on any atom is -0.299 e. The SMILES string of the molecule is CC(C)CCC(=O)C1CCCCCC1. The molecule has 0 atom stereocenters. The zero-order chi connectivity index (χ0) is 10.4. The number of carbonyl (C=O) groups is 1. The van der Waals surface area contributed by atoms with Gasteiger partial charge >= 0.3 is 0 Å². The first-order chi connectivity index (χ1) is 6.70. The molecule has 1 nitrogen and oxygen atoms in total. The van der Waals surface area contributed by atoms with Crippen molar-refractivity contribution in [2.75, 3.05) is 0 Å². The Morgan fingerprint density at radius 1 is 1.14 bits per heavy atom. The lowest BCUT2D eigenvalue weighted by molar-refractivity contribution is -0.123. The largest absolute Gasteiger partial charge is 0.299 e. The fourth-order valence-electron chi connectivity index (χ4n) is 2.24. The molecule has 82 valence electrons. The number of Topliss-reactive ketones (excluding diaryl/α,β-unsaturated/α-hetero) is 1. The molecule has 0 aromatic heterocycles. The van der Waals surface area contributed by atoms with Crippen LogP contribution in [-0.2, 0) is 4.79 Å². The van der Waals surface area contributed by atoms with E-state index < -0.39 is 0 Å². The summed E-state index contributed by atoms with van der Waals surface area (Å²) in [5.41, 5.74) is 0. The molecule has 14 heavy (non-hydrogen) atoms. The van der Waals surface area contributed by atoms with E-state index in [1.807, 2.05) is 0 Å². The van der Waals surface area contributed by atoms with E-state index in [9.17, 15) is 4.79 Å². The van der Waals surface area contributed by atoms with Crippen molar-refractivity contribution < 1.29 is 4.79 Å². The molecular weight excluding hydrogens is 172 g/mol. The van der Waals surface area contributed by atoms with Crippen LogP contribution in [0, 0.1) is 11.8 Å². The Morgan fingerprint density at radius 3 is 2.21 bits per heavy atom. The second kappa shape index (κ2) is 6.21. The highest BCUT2D eigenvalue weighted by Crippen LogP contribution is 2.25. The van der Waals surface area contributed by atoms with Gasteiger partial charge in [0, 0.05) is 12.3 Å². The second-order valence-corrected chi connectivity index (χ2v) is 5.09. The van der Waals surface area contributed by atoms with E-state index >= 15 is 0 Å². The highest BCUT2D eigenvalue weighted by atomic mass is 16.1. The Hall–Kier alpha value is -0.330. The summed E-state index contributed by atoms with van der Waals surface area (Å²) in [6.45, 7) is 4.39. The topological polar surface area (TPSA) is 17.1 Å². The molecule has 1 saturated carbocycles. The number of hydrogen-bond acceptors (Lipinski definition) is 1. The standard InChI is InChI=1S/C13H24O/c1-11(2)9-10-13(14)12-7-5-3-4-6-8-12/h11-12H,3-10H2,1-2H3. The Labute approximate surface area is 88.3 Å². The van der Waals surface area contributed by atoms with Crippen molar-refractivity contribution in [1.82, 2.24) is 0 Å². The van der Waals surface area contributed by atoms with Crippen LogP contribution in [0.1, 0.15) is 65.2 Å². The van der Waals surface area contributed by atoms with Crippen molar-refractivity contribution in [2.24, 2.45) is 11.8 Å². The first-order valence-electron chi connectivity index (χ1n) is 6.23. The molecule has 0 unspecified atom stereocenters. The number of carbonyl (C=O) groups excluding carboxylic acids is 1. The first-order valence-corrected chi connectivity index (χ1v) is 6.23. The van der Waals surface area contributed by atoms with Gasteiger partial charge in [0.25, 0.3) is 0 Å². The Kier molecular flexibility index (Phi) is 5.21. The number of ketones is 1. The van der Waals surface area contributed by atoms with Crippen LogP contribution in [0.3, 0.4) is 0 Å². The van der Waals surface area contributed by atoms with Crippen molar-refractivity contribution in [1.29, 1.82) is 0 Å². The highest BCUT2D eigenvalue weighted by molar-refractivity contribution is 5.80. The molecule has 0 aliphatic heterocycles. The summed E-state index contributed by atoms with van der Waals surface area (Å²) in [5, 5.41) is 0. The number of rotatable bonds is 4. The molecule has 0 aromatic carbocycles. The molecule has 0 saturated heterocycles. The molecule has 0 N–H and O–H groups in total. The molecule has 0 heterocycles. The molecular formula is C13H24O. The van der Waals surface area contributed by atoms with Gasteiger partial charge in [-0.1, -0.05) is 39.5 Å². The summed E-state index contributed by atoms with van der Waals surface area (Å²) < 4.78 is 0.